The van der Waals surface area contributed by atoms with Gasteiger partial charge in [0.2, 0.25) is 5.91 Å². The normalized spacial score (nSPS) is 14.0. The number of nitrogens with zero attached hydrogens (tertiary/aromatic N) is 1. The van der Waals surface area contributed by atoms with E-state index in [4.69, 9.17) is 0 Å². The number of hydrogen-bond donors (Lipinski definition) is 2. The molecule has 0 aliphatic carbocycles. The molecule has 0 radical (unpaired) electrons. The molecule has 3 rings (SSSR count). The minimum absolute atomic E-state index is 0.0973. The second-order valence-corrected chi connectivity index (χ2v) is 6.00. The quantitative estimate of drug-likeness (QED) is 0.912. The number of nitrogens with one attached hydrogen (secondary N) is 2. The van der Waals surface area contributed by atoms with Gasteiger partial charge in [0.05, 0.1) is 0 Å². The zero-order valence-electron chi connectivity index (χ0n) is 13.9. The van der Waals surface area contributed by atoms with E-state index in [0.717, 1.165) is 23.4 Å². The molecule has 0 unspecified atom stereocenters. The van der Waals surface area contributed by atoms with Crippen LogP contribution in [0.25, 0.3) is 0 Å². The van der Waals surface area contributed by atoms with Gasteiger partial charge in [-0.15, -0.1) is 0 Å². The molecule has 1 heterocycles. The Bertz CT molecular complexity index is 773. The van der Waals surface area contributed by atoms with Crippen LogP contribution in [-0.4, -0.2) is 24.5 Å². The van der Waals surface area contributed by atoms with E-state index in [1.54, 1.807) is 11.8 Å². The zero-order chi connectivity index (χ0) is 17.1. The summed E-state index contributed by atoms with van der Waals surface area (Å²) in [5, 5.41) is 5.51. The fourth-order valence-corrected chi connectivity index (χ4v) is 2.93. The summed E-state index contributed by atoms with van der Waals surface area (Å²) in [6.45, 7) is 4.29. The standard InChI is InChI=1S/C19H21N3O2/c1-13-7-3-5-9-16(13)21-19(24)20-14(2)18(23)22-12-11-15-8-4-6-10-17(15)22/h3-10,14H,11-12H2,1-2H3,(H2,20,21,24)/t14-/m1/s1. The van der Waals surface area contributed by atoms with Crippen LogP contribution in [0.4, 0.5) is 16.2 Å². The average Bonchev–Trinajstić information content (AvgIpc) is 3.00. The van der Waals surface area contributed by atoms with Crippen LogP contribution in [0, 0.1) is 6.92 Å². The van der Waals surface area contributed by atoms with Crippen LogP contribution in [0.3, 0.4) is 0 Å². The summed E-state index contributed by atoms with van der Waals surface area (Å²) in [5.41, 5.74) is 3.82. The van der Waals surface area contributed by atoms with Crippen molar-refractivity contribution in [3.05, 3.63) is 59.7 Å². The van der Waals surface area contributed by atoms with Crippen molar-refractivity contribution < 1.29 is 9.59 Å². The molecule has 5 heteroatoms. The Morgan fingerprint density at radius 1 is 1.08 bits per heavy atom. The predicted octanol–water partition coefficient (Wildman–Crippen LogP) is 3.09. The van der Waals surface area contributed by atoms with Crippen molar-refractivity contribution in [1.82, 2.24) is 5.32 Å². The fraction of sp³-hybridized carbons (Fsp3) is 0.263. The van der Waals surface area contributed by atoms with E-state index in [1.165, 1.54) is 5.56 Å². The number of amides is 3. The number of fused-ring (bicyclic) bond motifs is 1. The molecule has 2 N–H and O–H groups in total. The minimum atomic E-state index is -0.597. The Balaban J connectivity index is 1.63. The van der Waals surface area contributed by atoms with E-state index < -0.39 is 6.04 Å². The number of urea groups is 1. The van der Waals surface area contributed by atoms with Gasteiger partial charge in [-0.3, -0.25) is 4.79 Å². The van der Waals surface area contributed by atoms with E-state index >= 15 is 0 Å². The van der Waals surface area contributed by atoms with Gasteiger partial charge in [-0.2, -0.15) is 0 Å². The molecule has 0 saturated carbocycles. The number of para-hydroxylation sites is 2. The number of anilines is 2. The van der Waals surface area contributed by atoms with Gasteiger partial charge in [0.25, 0.3) is 0 Å². The maximum atomic E-state index is 12.6. The smallest absolute Gasteiger partial charge is 0.319 e. The lowest BCUT2D eigenvalue weighted by atomic mass is 10.2. The molecule has 5 nitrogen and oxygen atoms in total. The predicted molar refractivity (Wildman–Crippen MR) is 95.3 cm³/mol. The summed E-state index contributed by atoms with van der Waals surface area (Å²) in [4.78, 5) is 26.5. The number of carbonyl (C=O) groups excluding carboxylic acids is 2. The summed E-state index contributed by atoms with van der Waals surface area (Å²) in [5.74, 6) is -0.0973. The zero-order valence-corrected chi connectivity index (χ0v) is 13.9. The molecule has 1 aliphatic heterocycles. The second-order valence-electron chi connectivity index (χ2n) is 6.00. The molecular weight excluding hydrogens is 302 g/mol. The molecule has 0 spiro atoms. The monoisotopic (exact) mass is 323 g/mol. The third kappa shape index (κ3) is 3.25. The van der Waals surface area contributed by atoms with Crippen molar-refractivity contribution in [2.45, 2.75) is 26.3 Å². The highest BCUT2D eigenvalue weighted by atomic mass is 16.2. The van der Waals surface area contributed by atoms with Crippen LogP contribution < -0.4 is 15.5 Å². The summed E-state index contributed by atoms with van der Waals surface area (Å²) < 4.78 is 0. The Hall–Kier alpha value is -2.82. The van der Waals surface area contributed by atoms with E-state index in [0.29, 0.717) is 6.54 Å². The number of benzene rings is 2. The number of hydrogen-bond acceptors (Lipinski definition) is 2. The first-order valence-corrected chi connectivity index (χ1v) is 8.08. The van der Waals surface area contributed by atoms with Crippen molar-refractivity contribution in [2.75, 3.05) is 16.8 Å². The average molecular weight is 323 g/mol. The Morgan fingerprint density at radius 2 is 1.79 bits per heavy atom. The first-order valence-electron chi connectivity index (χ1n) is 8.08. The lowest BCUT2D eigenvalue weighted by Crippen LogP contribution is -2.47. The van der Waals surface area contributed by atoms with E-state index in [-0.39, 0.29) is 11.9 Å². The van der Waals surface area contributed by atoms with Crippen LogP contribution in [-0.2, 0) is 11.2 Å². The first-order chi connectivity index (χ1) is 11.6. The van der Waals surface area contributed by atoms with E-state index in [1.807, 2.05) is 55.5 Å². The van der Waals surface area contributed by atoms with Crippen LogP contribution in [0.5, 0.6) is 0 Å². The van der Waals surface area contributed by atoms with Crippen molar-refractivity contribution >= 4 is 23.3 Å². The highest BCUT2D eigenvalue weighted by Gasteiger charge is 2.28. The topological polar surface area (TPSA) is 61.4 Å². The second kappa shape index (κ2) is 6.74. The van der Waals surface area contributed by atoms with Crippen molar-refractivity contribution in [3.8, 4) is 0 Å². The maximum Gasteiger partial charge on any atom is 0.319 e. The Morgan fingerprint density at radius 3 is 2.58 bits per heavy atom. The van der Waals surface area contributed by atoms with Gasteiger partial charge in [0, 0.05) is 17.9 Å². The van der Waals surface area contributed by atoms with Gasteiger partial charge in [-0.25, -0.2) is 4.79 Å². The lowest BCUT2D eigenvalue weighted by Gasteiger charge is -2.22. The Kier molecular flexibility index (Phi) is 4.51. The third-order valence-electron chi connectivity index (χ3n) is 4.26. The van der Waals surface area contributed by atoms with Crippen molar-refractivity contribution in [1.29, 1.82) is 0 Å². The highest BCUT2D eigenvalue weighted by Crippen LogP contribution is 2.27. The van der Waals surface area contributed by atoms with Crippen molar-refractivity contribution in [3.63, 3.8) is 0 Å². The van der Waals surface area contributed by atoms with Crippen LogP contribution in [0.1, 0.15) is 18.1 Å². The largest absolute Gasteiger partial charge is 0.326 e. The molecule has 124 valence electrons. The van der Waals surface area contributed by atoms with Gasteiger partial charge in [-0.05, 0) is 43.5 Å². The van der Waals surface area contributed by atoms with E-state index in [2.05, 4.69) is 10.6 Å². The fourth-order valence-electron chi connectivity index (χ4n) is 2.93. The molecular formula is C19H21N3O2. The number of carbonyl (C=O) groups is 2. The molecule has 2 aromatic rings. The number of aryl methyl sites for hydroxylation is 1. The lowest BCUT2D eigenvalue weighted by molar-refractivity contribution is -0.119. The Labute approximate surface area is 141 Å². The minimum Gasteiger partial charge on any atom is -0.326 e. The van der Waals surface area contributed by atoms with Gasteiger partial charge in [-0.1, -0.05) is 36.4 Å². The number of rotatable bonds is 3. The summed E-state index contributed by atoms with van der Waals surface area (Å²) in [7, 11) is 0. The summed E-state index contributed by atoms with van der Waals surface area (Å²) in [6.07, 6.45) is 0.851. The van der Waals surface area contributed by atoms with Crippen LogP contribution >= 0.6 is 0 Å². The van der Waals surface area contributed by atoms with Crippen LogP contribution in [0.2, 0.25) is 0 Å². The molecule has 0 saturated heterocycles. The highest BCUT2D eigenvalue weighted by molar-refractivity contribution is 6.01. The SMILES string of the molecule is Cc1ccccc1NC(=O)N[C@H](C)C(=O)N1CCc2ccccc21. The third-order valence-corrected chi connectivity index (χ3v) is 4.26. The van der Waals surface area contributed by atoms with Gasteiger partial charge in [0.15, 0.2) is 0 Å². The molecule has 2 aromatic carbocycles. The molecule has 0 aromatic heterocycles. The molecule has 1 atom stereocenters. The maximum absolute atomic E-state index is 12.6. The van der Waals surface area contributed by atoms with Crippen LogP contribution in [0.15, 0.2) is 48.5 Å². The molecule has 24 heavy (non-hydrogen) atoms. The summed E-state index contributed by atoms with van der Waals surface area (Å²) >= 11 is 0. The summed E-state index contributed by atoms with van der Waals surface area (Å²) in [6, 6.07) is 14.4. The molecule has 3 amide bonds. The molecule has 0 fully saturated rings. The van der Waals surface area contributed by atoms with Gasteiger partial charge < -0.3 is 15.5 Å². The van der Waals surface area contributed by atoms with Gasteiger partial charge in [0.1, 0.15) is 6.04 Å². The molecule has 1 aliphatic rings. The molecule has 0 bridgehead atoms. The van der Waals surface area contributed by atoms with Crippen molar-refractivity contribution in [2.24, 2.45) is 0 Å². The van der Waals surface area contributed by atoms with E-state index in [9.17, 15) is 9.59 Å². The van der Waals surface area contributed by atoms with Gasteiger partial charge >= 0.3 is 6.03 Å². The first kappa shape index (κ1) is 16.1.